The summed E-state index contributed by atoms with van der Waals surface area (Å²) in [6, 6.07) is 17.5. The van der Waals surface area contributed by atoms with Gasteiger partial charge < -0.3 is 19.6 Å². The van der Waals surface area contributed by atoms with Crippen LogP contribution in [0.4, 0.5) is 5.69 Å². The largest absolute Gasteiger partial charge is 0.508 e. The number of ether oxygens (including phenoxy) is 1. The molecular weight excluding hydrogens is 434 g/mol. The summed E-state index contributed by atoms with van der Waals surface area (Å²) in [6.07, 6.45) is 6.74. The molecule has 0 saturated carbocycles. The van der Waals surface area contributed by atoms with E-state index >= 15 is 0 Å². The van der Waals surface area contributed by atoms with Gasteiger partial charge in [0.2, 0.25) is 5.88 Å². The van der Waals surface area contributed by atoms with E-state index < -0.39 is 0 Å². The smallest absolute Gasteiger partial charge is 0.226 e. The van der Waals surface area contributed by atoms with Crippen molar-refractivity contribution in [1.29, 1.82) is 0 Å². The number of aromatic hydroxyl groups is 1. The van der Waals surface area contributed by atoms with Gasteiger partial charge in [0.15, 0.2) is 0 Å². The molecule has 0 spiro atoms. The number of phenolic OH excluding ortho intramolecular Hbond substituents is 1. The third kappa shape index (κ3) is 5.00. The van der Waals surface area contributed by atoms with Crippen LogP contribution in [0.5, 0.6) is 17.4 Å². The van der Waals surface area contributed by atoms with E-state index in [2.05, 4.69) is 33.0 Å². The van der Waals surface area contributed by atoms with Crippen molar-refractivity contribution in [1.82, 2.24) is 9.88 Å². The Hall–Kier alpha value is -3.02. The van der Waals surface area contributed by atoms with Gasteiger partial charge in [-0.15, -0.1) is 0 Å². The standard InChI is InChI=1S/C27H28ClN3O2/c28-21-9-11-22(12-10-21)31-16-4-15-30(17-18-31)14-3-5-20-19-24-25(32)7-1-8-26(24)33-27-23(20)6-2-13-29-27/h1-2,5-13,32H,3-4,14-19H2/b20-5-. The van der Waals surface area contributed by atoms with E-state index in [-0.39, 0.29) is 5.75 Å². The van der Waals surface area contributed by atoms with Crippen LogP contribution in [0.1, 0.15) is 24.0 Å². The number of hydrogen-bond donors (Lipinski definition) is 1. The van der Waals surface area contributed by atoms with Crippen molar-refractivity contribution in [2.45, 2.75) is 19.3 Å². The zero-order valence-electron chi connectivity index (χ0n) is 18.6. The van der Waals surface area contributed by atoms with Gasteiger partial charge in [-0.3, -0.25) is 0 Å². The third-order valence-electron chi connectivity index (χ3n) is 6.42. The number of halogens is 1. The van der Waals surface area contributed by atoms with E-state index in [1.165, 1.54) is 5.69 Å². The number of pyridine rings is 1. The second kappa shape index (κ2) is 9.86. The second-order valence-corrected chi connectivity index (χ2v) is 9.00. The summed E-state index contributed by atoms with van der Waals surface area (Å²) < 4.78 is 6.05. The first-order valence-corrected chi connectivity index (χ1v) is 11.9. The van der Waals surface area contributed by atoms with Crippen LogP contribution in [0.2, 0.25) is 5.02 Å². The van der Waals surface area contributed by atoms with Crippen LogP contribution >= 0.6 is 11.6 Å². The molecule has 2 aliphatic heterocycles. The SMILES string of the molecule is Oc1cccc2c1C/C(=C/CCN1CCCN(c3ccc(Cl)cc3)CC1)c1cccnc1O2. The molecule has 1 aromatic heterocycles. The molecule has 5 rings (SSSR count). The molecule has 1 fully saturated rings. The lowest BCUT2D eigenvalue weighted by atomic mass is 9.97. The van der Waals surface area contributed by atoms with Crippen LogP contribution in [-0.2, 0) is 6.42 Å². The molecule has 0 amide bonds. The average Bonchev–Trinajstić information content (AvgIpc) is 3.15. The van der Waals surface area contributed by atoms with E-state index in [1.54, 1.807) is 18.3 Å². The molecule has 6 heteroatoms. The maximum Gasteiger partial charge on any atom is 0.226 e. The molecule has 2 aromatic carbocycles. The second-order valence-electron chi connectivity index (χ2n) is 8.57. The molecule has 2 aliphatic rings. The lowest BCUT2D eigenvalue weighted by molar-refractivity contribution is 0.299. The molecule has 5 nitrogen and oxygen atoms in total. The Morgan fingerprint density at radius 1 is 1.00 bits per heavy atom. The average molecular weight is 462 g/mol. The van der Waals surface area contributed by atoms with Crippen LogP contribution in [0, 0.1) is 0 Å². The van der Waals surface area contributed by atoms with E-state index in [4.69, 9.17) is 16.3 Å². The van der Waals surface area contributed by atoms with Gasteiger partial charge >= 0.3 is 0 Å². The molecular formula is C27H28ClN3O2. The fraction of sp³-hybridized carbons (Fsp3) is 0.296. The topological polar surface area (TPSA) is 48.8 Å². The molecule has 170 valence electrons. The molecule has 0 unspecified atom stereocenters. The number of benzene rings is 2. The number of aromatic nitrogens is 1. The monoisotopic (exact) mass is 461 g/mol. The first kappa shape index (κ1) is 21.8. The summed E-state index contributed by atoms with van der Waals surface area (Å²) in [7, 11) is 0. The Balaban J connectivity index is 1.27. The van der Waals surface area contributed by atoms with Crippen LogP contribution < -0.4 is 9.64 Å². The van der Waals surface area contributed by atoms with Gasteiger partial charge in [-0.05, 0) is 73.5 Å². The van der Waals surface area contributed by atoms with Gasteiger partial charge in [0, 0.05) is 60.6 Å². The molecule has 3 aromatic rings. The summed E-state index contributed by atoms with van der Waals surface area (Å²) in [4.78, 5) is 9.42. The van der Waals surface area contributed by atoms with E-state index in [9.17, 15) is 5.11 Å². The van der Waals surface area contributed by atoms with Crippen molar-refractivity contribution >= 4 is 22.9 Å². The fourth-order valence-corrected chi connectivity index (χ4v) is 4.77. The third-order valence-corrected chi connectivity index (χ3v) is 6.67. The van der Waals surface area contributed by atoms with Gasteiger partial charge in [0.05, 0.1) is 0 Å². The molecule has 0 bridgehead atoms. The first-order valence-electron chi connectivity index (χ1n) is 11.5. The number of anilines is 1. The van der Waals surface area contributed by atoms with Crippen molar-refractivity contribution in [3.8, 4) is 17.4 Å². The van der Waals surface area contributed by atoms with Crippen molar-refractivity contribution in [2.75, 3.05) is 37.6 Å². The normalized spacial score (nSPS) is 17.6. The number of nitrogens with zero attached hydrogens (tertiary/aromatic N) is 3. The Labute approximate surface area is 199 Å². The molecule has 0 aliphatic carbocycles. The molecule has 33 heavy (non-hydrogen) atoms. The minimum absolute atomic E-state index is 0.265. The highest BCUT2D eigenvalue weighted by Crippen LogP contribution is 2.41. The fourth-order valence-electron chi connectivity index (χ4n) is 4.64. The van der Waals surface area contributed by atoms with E-state index in [0.717, 1.165) is 67.3 Å². The molecule has 1 N–H and O–H groups in total. The van der Waals surface area contributed by atoms with Gasteiger partial charge in [-0.25, -0.2) is 4.98 Å². The highest BCUT2D eigenvalue weighted by molar-refractivity contribution is 6.30. The van der Waals surface area contributed by atoms with Crippen molar-refractivity contribution in [3.05, 3.63) is 83.0 Å². The first-order chi connectivity index (χ1) is 16.2. The maximum absolute atomic E-state index is 10.4. The van der Waals surface area contributed by atoms with Crippen LogP contribution in [0.25, 0.3) is 5.57 Å². The number of allylic oxidation sites excluding steroid dienone is 1. The summed E-state index contributed by atoms with van der Waals surface area (Å²) in [6.45, 7) is 5.21. The number of fused-ring (bicyclic) bond motifs is 2. The van der Waals surface area contributed by atoms with Crippen LogP contribution in [0.15, 0.2) is 66.9 Å². The lowest BCUT2D eigenvalue weighted by Gasteiger charge is -2.23. The van der Waals surface area contributed by atoms with Gasteiger partial charge in [0.1, 0.15) is 11.5 Å². The molecule has 0 atom stereocenters. The lowest BCUT2D eigenvalue weighted by Crippen LogP contribution is -2.31. The van der Waals surface area contributed by atoms with Gasteiger partial charge in [0.25, 0.3) is 0 Å². The highest BCUT2D eigenvalue weighted by Gasteiger charge is 2.22. The minimum atomic E-state index is 0.265. The number of phenols is 1. The van der Waals surface area contributed by atoms with Crippen LogP contribution in [-0.4, -0.2) is 47.7 Å². The Bertz CT molecular complexity index is 1150. The van der Waals surface area contributed by atoms with E-state index in [0.29, 0.717) is 18.1 Å². The maximum atomic E-state index is 10.4. The van der Waals surface area contributed by atoms with E-state index in [1.807, 2.05) is 30.3 Å². The van der Waals surface area contributed by atoms with Crippen LogP contribution in [0.3, 0.4) is 0 Å². The summed E-state index contributed by atoms with van der Waals surface area (Å²) >= 11 is 6.05. The Morgan fingerprint density at radius 3 is 2.76 bits per heavy atom. The quantitative estimate of drug-likeness (QED) is 0.534. The van der Waals surface area contributed by atoms with Crippen molar-refractivity contribution in [2.24, 2.45) is 0 Å². The van der Waals surface area contributed by atoms with Crippen molar-refractivity contribution in [3.63, 3.8) is 0 Å². The number of rotatable bonds is 4. The predicted molar refractivity (Wildman–Crippen MR) is 133 cm³/mol. The Kier molecular flexibility index (Phi) is 6.51. The highest BCUT2D eigenvalue weighted by atomic mass is 35.5. The van der Waals surface area contributed by atoms with Gasteiger partial charge in [-0.1, -0.05) is 23.7 Å². The summed E-state index contributed by atoms with van der Waals surface area (Å²) in [5, 5.41) is 11.2. The van der Waals surface area contributed by atoms with Crippen molar-refractivity contribution < 1.29 is 9.84 Å². The number of hydrogen-bond acceptors (Lipinski definition) is 5. The van der Waals surface area contributed by atoms with Gasteiger partial charge in [-0.2, -0.15) is 0 Å². The minimum Gasteiger partial charge on any atom is -0.508 e. The summed E-state index contributed by atoms with van der Waals surface area (Å²) in [5.74, 6) is 1.54. The Morgan fingerprint density at radius 2 is 1.88 bits per heavy atom. The zero-order chi connectivity index (χ0) is 22.6. The molecule has 1 saturated heterocycles. The molecule has 3 heterocycles. The summed E-state index contributed by atoms with van der Waals surface area (Å²) in [5.41, 5.74) is 4.20. The molecule has 0 radical (unpaired) electrons. The zero-order valence-corrected chi connectivity index (χ0v) is 19.3. The predicted octanol–water partition coefficient (Wildman–Crippen LogP) is 5.77.